The number of thiophene rings is 1. The normalized spacial score (nSPS) is 15.9. The van der Waals surface area contributed by atoms with Gasteiger partial charge in [0.15, 0.2) is 5.96 Å². The third-order valence-electron chi connectivity index (χ3n) is 4.96. The summed E-state index contributed by atoms with van der Waals surface area (Å²) in [5, 5.41) is 8.98. The van der Waals surface area contributed by atoms with Crippen LogP contribution in [-0.4, -0.2) is 63.9 Å². The molecular weight excluding hydrogens is 511 g/mol. The molecule has 1 unspecified atom stereocenters. The number of aliphatic imine (C=N–C) groups is 1. The highest BCUT2D eigenvalue weighted by atomic mass is 127. The zero-order valence-corrected chi connectivity index (χ0v) is 20.9. The number of halogens is 1. The van der Waals surface area contributed by atoms with Gasteiger partial charge >= 0.3 is 0 Å². The van der Waals surface area contributed by atoms with Crippen LogP contribution in [0.1, 0.15) is 23.4 Å². The van der Waals surface area contributed by atoms with Gasteiger partial charge in [-0.1, -0.05) is 18.2 Å². The van der Waals surface area contributed by atoms with Crippen molar-refractivity contribution in [3.8, 4) is 5.75 Å². The maximum atomic E-state index is 5.54. The van der Waals surface area contributed by atoms with Crippen LogP contribution in [0.15, 0.2) is 46.8 Å². The number of guanidine groups is 1. The predicted molar refractivity (Wildman–Crippen MR) is 136 cm³/mol. The summed E-state index contributed by atoms with van der Waals surface area (Å²) >= 11 is 1.80. The summed E-state index contributed by atoms with van der Waals surface area (Å²) in [6.07, 6.45) is 0.916. The highest BCUT2D eigenvalue weighted by Gasteiger charge is 2.23. The number of benzene rings is 1. The number of nitrogens with zero attached hydrogens (tertiary/aromatic N) is 2. The van der Waals surface area contributed by atoms with E-state index in [2.05, 4.69) is 52.1 Å². The first-order valence-corrected chi connectivity index (χ1v) is 11.2. The van der Waals surface area contributed by atoms with Crippen molar-refractivity contribution in [3.05, 3.63) is 52.2 Å². The summed E-state index contributed by atoms with van der Waals surface area (Å²) in [6.45, 7) is 7.99. The third kappa shape index (κ3) is 7.72. The minimum Gasteiger partial charge on any atom is -0.497 e. The third-order valence-corrected chi connectivity index (χ3v) is 5.94. The summed E-state index contributed by atoms with van der Waals surface area (Å²) < 4.78 is 10.8. The van der Waals surface area contributed by atoms with Crippen molar-refractivity contribution in [2.24, 2.45) is 4.99 Å². The molecule has 2 aromatic rings. The summed E-state index contributed by atoms with van der Waals surface area (Å²) in [5.41, 5.74) is 1.25. The molecule has 1 aromatic heterocycles. The van der Waals surface area contributed by atoms with E-state index < -0.39 is 0 Å². The largest absolute Gasteiger partial charge is 0.497 e. The van der Waals surface area contributed by atoms with Crippen molar-refractivity contribution in [1.82, 2.24) is 15.5 Å². The van der Waals surface area contributed by atoms with Gasteiger partial charge in [0.25, 0.3) is 0 Å². The lowest BCUT2D eigenvalue weighted by atomic mass is 10.1. The second kappa shape index (κ2) is 13.8. The van der Waals surface area contributed by atoms with Crippen LogP contribution in [-0.2, 0) is 11.2 Å². The van der Waals surface area contributed by atoms with Crippen LogP contribution >= 0.6 is 35.3 Å². The number of nitrogens with one attached hydrogen (secondary N) is 2. The molecule has 1 aliphatic heterocycles. The molecule has 6 nitrogen and oxygen atoms in total. The van der Waals surface area contributed by atoms with Crippen LogP contribution in [0.4, 0.5) is 0 Å². The molecule has 0 spiro atoms. The average Bonchev–Trinajstić information content (AvgIpc) is 3.29. The van der Waals surface area contributed by atoms with Crippen molar-refractivity contribution in [3.63, 3.8) is 0 Å². The highest BCUT2D eigenvalue weighted by Crippen LogP contribution is 2.26. The second-order valence-electron chi connectivity index (χ2n) is 6.93. The molecule has 1 saturated heterocycles. The minimum atomic E-state index is 0. The zero-order valence-electron chi connectivity index (χ0n) is 17.8. The Morgan fingerprint density at radius 2 is 2.07 bits per heavy atom. The monoisotopic (exact) mass is 544 g/mol. The Bertz CT molecular complexity index is 751. The Morgan fingerprint density at radius 3 is 2.77 bits per heavy atom. The van der Waals surface area contributed by atoms with E-state index >= 15 is 0 Å². The van der Waals surface area contributed by atoms with Crippen LogP contribution in [0, 0.1) is 0 Å². The molecule has 8 heteroatoms. The van der Waals surface area contributed by atoms with Crippen LogP contribution in [0.2, 0.25) is 0 Å². The first-order chi connectivity index (χ1) is 14.3. The van der Waals surface area contributed by atoms with Gasteiger partial charge in [0.2, 0.25) is 0 Å². The molecule has 0 bridgehead atoms. The molecule has 2 heterocycles. The molecular formula is C22H33IN4O2S. The maximum Gasteiger partial charge on any atom is 0.191 e. The van der Waals surface area contributed by atoms with Gasteiger partial charge in [-0.05, 0) is 42.5 Å². The quantitative estimate of drug-likeness (QED) is 0.288. The van der Waals surface area contributed by atoms with E-state index in [4.69, 9.17) is 14.5 Å². The molecule has 1 aromatic carbocycles. The molecule has 1 aliphatic rings. The highest BCUT2D eigenvalue weighted by molar-refractivity contribution is 14.0. The van der Waals surface area contributed by atoms with Crippen molar-refractivity contribution >= 4 is 41.3 Å². The van der Waals surface area contributed by atoms with E-state index in [0.717, 1.165) is 64.1 Å². The van der Waals surface area contributed by atoms with Crippen LogP contribution in [0.3, 0.4) is 0 Å². The lowest BCUT2D eigenvalue weighted by Gasteiger charge is -2.33. The Kier molecular flexibility index (Phi) is 11.5. The fourth-order valence-corrected chi connectivity index (χ4v) is 4.28. The lowest BCUT2D eigenvalue weighted by molar-refractivity contribution is 0.0186. The smallest absolute Gasteiger partial charge is 0.191 e. The zero-order chi connectivity index (χ0) is 20.3. The van der Waals surface area contributed by atoms with Gasteiger partial charge < -0.3 is 20.1 Å². The van der Waals surface area contributed by atoms with Crippen LogP contribution in [0.5, 0.6) is 5.75 Å². The number of rotatable bonds is 9. The lowest BCUT2D eigenvalue weighted by Crippen LogP contribution is -2.42. The standard InChI is InChI=1S/C22H32N4O2S.HI/c1-3-23-22(24-10-9-18-6-4-7-19(16-18)27-2)25-17-20(21-8-5-15-29-21)26-11-13-28-14-12-26;/h4-8,15-16,20H,3,9-14,17H2,1-2H3,(H2,23,24,25);1H. The molecule has 166 valence electrons. The van der Waals surface area contributed by atoms with E-state index in [1.807, 2.05) is 12.1 Å². The van der Waals surface area contributed by atoms with Gasteiger partial charge in [0, 0.05) is 31.1 Å². The summed E-state index contributed by atoms with van der Waals surface area (Å²) in [4.78, 5) is 8.75. The number of ether oxygens (including phenoxy) is 2. The van der Waals surface area contributed by atoms with Crippen LogP contribution < -0.4 is 15.4 Å². The van der Waals surface area contributed by atoms with E-state index in [1.54, 1.807) is 18.4 Å². The van der Waals surface area contributed by atoms with Gasteiger partial charge in [-0.15, -0.1) is 35.3 Å². The molecule has 1 fully saturated rings. The second-order valence-corrected chi connectivity index (χ2v) is 7.91. The molecule has 0 saturated carbocycles. The maximum absolute atomic E-state index is 5.54. The number of morpholine rings is 1. The van der Waals surface area contributed by atoms with Crippen LogP contribution in [0.25, 0.3) is 0 Å². The Labute approximate surface area is 201 Å². The molecule has 3 rings (SSSR count). The SMILES string of the molecule is CCNC(=NCC(c1cccs1)N1CCOCC1)NCCc1cccc(OC)c1.I. The number of hydrogen-bond donors (Lipinski definition) is 2. The van der Waals surface area contributed by atoms with Crippen molar-refractivity contribution < 1.29 is 9.47 Å². The van der Waals surface area contributed by atoms with E-state index in [0.29, 0.717) is 6.04 Å². The molecule has 30 heavy (non-hydrogen) atoms. The van der Waals surface area contributed by atoms with Gasteiger partial charge in [0.1, 0.15) is 5.75 Å². The van der Waals surface area contributed by atoms with Gasteiger partial charge in [0.05, 0.1) is 32.9 Å². The molecule has 0 amide bonds. The first-order valence-electron chi connectivity index (χ1n) is 10.3. The van der Waals surface area contributed by atoms with Crippen molar-refractivity contribution in [2.75, 3.05) is 53.0 Å². The van der Waals surface area contributed by atoms with Gasteiger partial charge in [-0.2, -0.15) is 0 Å². The first kappa shape index (κ1) is 24.9. The van der Waals surface area contributed by atoms with Gasteiger partial charge in [-0.3, -0.25) is 9.89 Å². The van der Waals surface area contributed by atoms with Crippen molar-refractivity contribution in [1.29, 1.82) is 0 Å². The predicted octanol–water partition coefficient (Wildman–Crippen LogP) is 3.55. The Morgan fingerprint density at radius 1 is 1.23 bits per heavy atom. The molecule has 2 N–H and O–H groups in total. The topological polar surface area (TPSA) is 58.1 Å². The fourth-order valence-electron chi connectivity index (χ4n) is 3.43. The molecule has 1 atom stereocenters. The minimum absolute atomic E-state index is 0. The average molecular weight is 545 g/mol. The number of methoxy groups -OCH3 is 1. The summed E-state index contributed by atoms with van der Waals surface area (Å²) in [5.74, 6) is 1.76. The summed E-state index contributed by atoms with van der Waals surface area (Å²) in [6, 6.07) is 12.8. The van der Waals surface area contributed by atoms with Crippen molar-refractivity contribution in [2.45, 2.75) is 19.4 Å². The fraction of sp³-hybridized carbons (Fsp3) is 0.500. The molecule has 0 radical (unpaired) electrons. The van der Waals surface area contributed by atoms with E-state index in [1.165, 1.54) is 10.4 Å². The number of hydrogen-bond acceptors (Lipinski definition) is 5. The van der Waals surface area contributed by atoms with E-state index in [-0.39, 0.29) is 24.0 Å². The summed E-state index contributed by atoms with van der Waals surface area (Å²) in [7, 11) is 1.70. The Hall–Kier alpha value is -1.36. The van der Waals surface area contributed by atoms with Gasteiger partial charge in [-0.25, -0.2) is 0 Å². The Balaban J connectivity index is 0.00000320. The molecule has 0 aliphatic carbocycles. The van der Waals surface area contributed by atoms with E-state index in [9.17, 15) is 0 Å².